The molecular weight excluding hydrogens is 314 g/mol. The summed E-state index contributed by atoms with van der Waals surface area (Å²) in [5, 5.41) is 17.3. The summed E-state index contributed by atoms with van der Waals surface area (Å²) < 4.78 is 1.60. The lowest BCUT2D eigenvalue weighted by atomic mass is 10.00. The molecule has 124 valence electrons. The van der Waals surface area contributed by atoms with Gasteiger partial charge in [0.25, 0.3) is 5.91 Å². The van der Waals surface area contributed by atoms with E-state index in [0.717, 1.165) is 5.56 Å². The molecule has 0 bridgehead atoms. The van der Waals surface area contributed by atoms with E-state index < -0.39 is 6.10 Å². The second-order valence-electron chi connectivity index (χ2n) is 5.73. The van der Waals surface area contributed by atoms with Gasteiger partial charge in [-0.15, -0.1) is 0 Å². The molecule has 1 heterocycles. The predicted octanol–water partition coefficient (Wildman–Crippen LogP) is 3.14. The number of nitrogens with zero attached hydrogens (tertiary/aromatic N) is 2. The lowest BCUT2D eigenvalue weighted by Crippen LogP contribution is -2.29. The number of rotatable bonds is 6. The molecule has 0 fully saturated rings. The first-order chi connectivity index (χ1) is 10.9. The number of carbonyl (C=O) groups is 1. The molecule has 2 aromatic rings. The van der Waals surface area contributed by atoms with Crippen LogP contribution in [0.2, 0.25) is 5.02 Å². The Morgan fingerprint density at radius 3 is 2.43 bits per heavy atom. The highest BCUT2D eigenvalue weighted by Crippen LogP contribution is 2.19. The highest BCUT2D eigenvalue weighted by Gasteiger charge is 2.17. The van der Waals surface area contributed by atoms with Gasteiger partial charge in [0.1, 0.15) is 0 Å². The van der Waals surface area contributed by atoms with Gasteiger partial charge in [0, 0.05) is 19.3 Å². The number of nitrogens with one attached hydrogen (secondary N) is 1. The van der Waals surface area contributed by atoms with Crippen LogP contribution in [-0.4, -0.2) is 27.3 Å². The molecule has 1 aromatic heterocycles. The summed E-state index contributed by atoms with van der Waals surface area (Å²) in [4.78, 5) is 12.1. The Labute approximate surface area is 141 Å². The Morgan fingerprint density at radius 2 is 1.91 bits per heavy atom. The SMILES string of the molecule is CCn1cc(Cl)c(C(=O)NCC(O)c2ccc(C(C)C)cc2)n1. The molecule has 1 unspecified atom stereocenters. The van der Waals surface area contributed by atoms with Crippen molar-refractivity contribution in [3.63, 3.8) is 0 Å². The van der Waals surface area contributed by atoms with Crippen LogP contribution in [0.3, 0.4) is 0 Å². The molecule has 0 spiro atoms. The van der Waals surface area contributed by atoms with Crippen LogP contribution >= 0.6 is 11.6 Å². The molecule has 1 aromatic carbocycles. The molecule has 6 heteroatoms. The van der Waals surface area contributed by atoms with Crippen molar-refractivity contribution in [1.29, 1.82) is 0 Å². The fourth-order valence-corrected chi connectivity index (χ4v) is 2.44. The summed E-state index contributed by atoms with van der Waals surface area (Å²) in [5.41, 5.74) is 2.15. The lowest BCUT2D eigenvalue weighted by molar-refractivity contribution is 0.0910. The van der Waals surface area contributed by atoms with E-state index in [1.807, 2.05) is 31.2 Å². The second-order valence-corrected chi connectivity index (χ2v) is 6.14. The predicted molar refractivity (Wildman–Crippen MR) is 90.7 cm³/mol. The third kappa shape index (κ3) is 4.33. The molecule has 1 amide bonds. The monoisotopic (exact) mass is 335 g/mol. The number of amides is 1. The van der Waals surface area contributed by atoms with E-state index in [2.05, 4.69) is 24.3 Å². The van der Waals surface area contributed by atoms with Crippen LogP contribution < -0.4 is 5.32 Å². The minimum absolute atomic E-state index is 0.106. The second kappa shape index (κ2) is 7.62. The largest absolute Gasteiger partial charge is 0.387 e. The van der Waals surface area contributed by atoms with Crippen LogP contribution in [-0.2, 0) is 6.54 Å². The molecule has 5 nitrogen and oxygen atoms in total. The normalized spacial score (nSPS) is 12.4. The van der Waals surface area contributed by atoms with E-state index in [1.54, 1.807) is 10.9 Å². The fourth-order valence-electron chi connectivity index (χ4n) is 2.21. The van der Waals surface area contributed by atoms with Gasteiger partial charge in [0.2, 0.25) is 0 Å². The van der Waals surface area contributed by atoms with Crippen LogP contribution in [0, 0.1) is 0 Å². The number of aromatic nitrogens is 2. The van der Waals surface area contributed by atoms with Crippen LogP contribution in [0.25, 0.3) is 0 Å². The van der Waals surface area contributed by atoms with Gasteiger partial charge in [-0.2, -0.15) is 5.10 Å². The number of aryl methyl sites for hydroxylation is 1. The molecule has 2 N–H and O–H groups in total. The van der Waals surface area contributed by atoms with E-state index in [4.69, 9.17) is 11.6 Å². The zero-order valence-electron chi connectivity index (χ0n) is 13.6. The maximum absolute atomic E-state index is 12.1. The van der Waals surface area contributed by atoms with E-state index in [-0.39, 0.29) is 18.1 Å². The quantitative estimate of drug-likeness (QED) is 0.852. The zero-order valence-corrected chi connectivity index (χ0v) is 14.3. The molecule has 23 heavy (non-hydrogen) atoms. The van der Waals surface area contributed by atoms with E-state index in [1.165, 1.54) is 5.56 Å². The van der Waals surface area contributed by atoms with Crippen LogP contribution in [0.1, 0.15) is 54.4 Å². The standard InChI is InChI=1S/C17H22ClN3O2/c1-4-21-10-14(18)16(20-21)17(23)19-9-15(22)13-7-5-12(6-8-13)11(2)3/h5-8,10-11,15,22H,4,9H2,1-3H3,(H,19,23). The summed E-state index contributed by atoms with van der Waals surface area (Å²) in [5.74, 6) is 0.0526. The minimum atomic E-state index is -0.771. The number of hydrogen-bond donors (Lipinski definition) is 2. The van der Waals surface area contributed by atoms with Crippen molar-refractivity contribution in [2.24, 2.45) is 0 Å². The molecular formula is C17H22ClN3O2. The summed E-state index contributed by atoms with van der Waals surface area (Å²) >= 11 is 5.99. The Balaban J connectivity index is 1.96. The maximum Gasteiger partial charge on any atom is 0.273 e. The van der Waals surface area contributed by atoms with Gasteiger partial charge in [-0.05, 0) is 24.0 Å². The Kier molecular flexibility index (Phi) is 5.80. The average molecular weight is 336 g/mol. The lowest BCUT2D eigenvalue weighted by Gasteiger charge is -2.13. The first kappa shape index (κ1) is 17.5. The third-order valence-corrected chi connectivity index (χ3v) is 3.98. The van der Waals surface area contributed by atoms with E-state index in [9.17, 15) is 9.90 Å². The first-order valence-corrected chi connectivity index (χ1v) is 8.09. The van der Waals surface area contributed by atoms with Gasteiger partial charge in [-0.1, -0.05) is 49.7 Å². The molecule has 0 saturated carbocycles. The smallest absolute Gasteiger partial charge is 0.273 e. The molecule has 0 saturated heterocycles. The molecule has 0 radical (unpaired) electrons. The molecule has 0 aliphatic heterocycles. The minimum Gasteiger partial charge on any atom is -0.387 e. The van der Waals surface area contributed by atoms with Gasteiger partial charge in [-0.3, -0.25) is 9.48 Å². The van der Waals surface area contributed by atoms with Crippen molar-refractivity contribution in [2.45, 2.75) is 39.3 Å². The van der Waals surface area contributed by atoms with Crippen molar-refractivity contribution in [3.8, 4) is 0 Å². The fraction of sp³-hybridized carbons (Fsp3) is 0.412. The summed E-state index contributed by atoms with van der Waals surface area (Å²) in [7, 11) is 0. The van der Waals surface area contributed by atoms with Crippen LogP contribution in [0.5, 0.6) is 0 Å². The van der Waals surface area contributed by atoms with Gasteiger partial charge >= 0.3 is 0 Å². The number of carbonyl (C=O) groups excluding carboxylic acids is 1. The first-order valence-electron chi connectivity index (χ1n) is 7.71. The van der Waals surface area contributed by atoms with Crippen molar-refractivity contribution < 1.29 is 9.90 Å². The topological polar surface area (TPSA) is 67.2 Å². The summed E-state index contributed by atoms with van der Waals surface area (Å²) in [6.07, 6.45) is 0.838. The number of benzene rings is 1. The molecule has 0 aliphatic carbocycles. The third-order valence-electron chi connectivity index (χ3n) is 3.70. The van der Waals surface area contributed by atoms with E-state index >= 15 is 0 Å². The maximum atomic E-state index is 12.1. The highest BCUT2D eigenvalue weighted by atomic mass is 35.5. The summed E-state index contributed by atoms with van der Waals surface area (Å²) in [6, 6.07) is 7.74. The van der Waals surface area contributed by atoms with Crippen molar-refractivity contribution in [1.82, 2.24) is 15.1 Å². The summed E-state index contributed by atoms with van der Waals surface area (Å²) in [6.45, 7) is 6.89. The average Bonchev–Trinajstić information content (AvgIpc) is 2.93. The van der Waals surface area contributed by atoms with E-state index in [0.29, 0.717) is 17.5 Å². The Morgan fingerprint density at radius 1 is 1.30 bits per heavy atom. The number of hydrogen-bond acceptors (Lipinski definition) is 3. The number of halogens is 1. The van der Waals surface area contributed by atoms with Gasteiger partial charge in [0.15, 0.2) is 5.69 Å². The Hall–Kier alpha value is -1.85. The molecule has 1 atom stereocenters. The van der Waals surface area contributed by atoms with Gasteiger partial charge in [0.05, 0.1) is 11.1 Å². The van der Waals surface area contributed by atoms with Crippen molar-refractivity contribution >= 4 is 17.5 Å². The molecule has 2 rings (SSSR count). The number of aliphatic hydroxyl groups is 1. The number of aliphatic hydroxyl groups excluding tert-OH is 1. The van der Waals surface area contributed by atoms with Crippen molar-refractivity contribution in [2.75, 3.05) is 6.54 Å². The van der Waals surface area contributed by atoms with Crippen LogP contribution in [0.4, 0.5) is 0 Å². The van der Waals surface area contributed by atoms with Gasteiger partial charge in [-0.25, -0.2) is 0 Å². The van der Waals surface area contributed by atoms with Gasteiger partial charge < -0.3 is 10.4 Å². The molecule has 0 aliphatic rings. The van der Waals surface area contributed by atoms with Crippen molar-refractivity contribution in [3.05, 3.63) is 52.3 Å². The zero-order chi connectivity index (χ0) is 17.0. The Bertz CT molecular complexity index is 665. The van der Waals surface area contributed by atoms with Crippen LogP contribution in [0.15, 0.2) is 30.5 Å². The highest BCUT2D eigenvalue weighted by molar-refractivity contribution is 6.33.